The van der Waals surface area contributed by atoms with Crippen LogP contribution >= 0.6 is 0 Å². The summed E-state index contributed by atoms with van der Waals surface area (Å²) in [5, 5.41) is 0. The van der Waals surface area contributed by atoms with Crippen molar-refractivity contribution < 1.29 is 9.47 Å². The Balaban J connectivity index is 1.50. The third-order valence-electron chi connectivity index (χ3n) is 5.18. The van der Waals surface area contributed by atoms with Crippen LogP contribution in [0.1, 0.15) is 44.1 Å². The first-order chi connectivity index (χ1) is 9.90. The zero-order chi connectivity index (χ0) is 13.4. The highest BCUT2D eigenvalue weighted by Crippen LogP contribution is 2.37. The fourth-order valence-corrected chi connectivity index (χ4v) is 4.20. The molecule has 2 aliphatic heterocycles. The van der Waals surface area contributed by atoms with Crippen LogP contribution in [0.5, 0.6) is 11.5 Å². The van der Waals surface area contributed by atoms with Gasteiger partial charge in [-0.05, 0) is 55.8 Å². The Morgan fingerprint density at radius 2 is 1.85 bits per heavy atom. The highest BCUT2D eigenvalue weighted by Gasteiger charge is 2.33. The number of likely N-dealkylation sites (tertiary alicyclic amines) is 1. The van der Waals surface area contributed by atoms with Crippen molar-refractivity contribution in [2.24, 2.45) is 5.92 Å². The van der Waals surface area contributed by atoms with Gasteiger partial charge in [0.05, 0.1) is 0 Å². The topological polar surface area (TPSA) is 21.7 Å². The molecule has 3 aliphatic rings. The molecular formula is C17H23NO2. The van der Waals surface area contributed by atoms with Crippen LogP contribution in [-0.2, 0) is 6.54 Å². The Bertz CT molecular complexity index is 486. The fourth-order valence-electron chi connectivity index (χ4n) is 4.20. The lowest BCUT2D eigenvalue weighted by Crippen LogP contribution is -2.46. The van der Waals surface area contributed by atoms with Crippen LogP contribution in [0.2, 0.25) is 0 Å². The summed E-state index contributed by atoms with van der Waals surface area (Å²) in [5.41, 5.74) is 1.36. The van der Waals surface area contributed by atoms with Gasteiger partial charge in [-0.1, -0.05) is 18.9 Å². The van der Waals surface area contributed by atoms with Crippen LogP contribution in [0.15, 0.2) is 18.2 Å². The van der Waals surface area contributed by atoms with E-state index in [0.29, 0.717) is 6.79 Å². The van der Waals surface area contributed by atoms with Gasteiger partial charge < -0.3 is 9.47 Å². The lowest BCUT2D eigenvalue weighted by Gasteiger charge is -2.44. The SMILES string of the molecule is c1cc2c(cc1CN1CCC[C@@H]3CCCC[C@H]31)OCO2. The molecule has 1 aromatic rings. The molecule has 0 radical (unpaired) electrons. The van der Waals surface area contributed by atoms with E-state index < -0.39 is 0 Å². The van der Waals surface area contributed by atoms with Gasteiger partial charge in [0, 0.05) is 12.6 Å². The van der Waals surface area contributed by atoms with Gasteiger partial charge in [0.25, 0.3) is 0 Å². The van der Waals surface area contributed by atoms with E-state index in [0.717, 1.165) is 30.0 Å². The maximum Gasteiger partial charge on any atom is 0.231 e. The molecule has 0 aromatic heterocycles. The summed E-state index contributed by atoms with van der Waals surface area (Å²) in [7, 11) is 0. The summed E-state index contributed by atoms with van der Waals surface area (Å²) < 4.78 is 10.9. The minimum absolute atomic E-state index is 0.368. The Kier molecular flexibility index (Phi) is 3.31. The van der Waals surface area contributed by atoms with E-state index >= 15 is 0 Å². The number of fused-ring (bicyclic) bond motifs is 2. The summed E-state index contributed by atoms with van der Waals surface area (Å²) in [6.07, 6.45) is 8.52. The van der Waals surface area contributed by atoms with Gasteiger partial charge in [-0.15, -0.1) is 0 Å². The second-order valence-corrected chi connectivity index (χ2v) is 6.41. The lowest BCUT2D eigenvalue weighted by molar-refractivity contribution is 0.0546. The molecule has 1 saturated heterocycles. The highest BCUT2D eigenvalue weighted by atomic mass is 16.7. The largest absolute Gasteiger partial charge is 0.454 e. The van der Waals surface area contributed by atoms with Gasteiger partial charge >= 0.3 is 0 Å². The van der Waals surface area contributed by atoms with E-state index in [2.05, 4.69) is 23.1 Å². The van der Waals surface area contributed by atoms with E-state index in [-0.39, 0.29) is 0 Å². The molecular weight excluding hydrogens is 250 g/mol. The highest BCUT2D eigenvalue weighted by molar-refractivity contribution is 5.44. The van der Waals surface area contributed by atoms with Crippen molar-refractivity contribution in [3.63, 3.8) is 0 Å². The van der Waals surface area contributed by atoms with E-state index in [1.165, 1.54) is 50.6 Å². The molecule has 0 N–H and O–H groups in total. The molecule has 108 valence electrons. The van der Waals surface area contributed by atoms with Gasteiger partial charge in [0.1, 0.15) is 0 Å². The lowest BCUT2D eigenvalue weighted by atomic mass is 9.78. The van der Waals surface area contributed by atoms with E-state index in [1.807, 2.05) is 0 Å². The van der Waals surface area contributed by atoms with Gasteiger partial charge in [0.15, 0.2) is 11.5 Å². The summed E-state index contributed by atoms with van der Waals surface area (Å²) in [5.74, 6) is 2.76. The first-order valence-electron chi connectivity index (χ1n) is 8.03. The normalized spacial score (nSPS) is 29.2. The molecule has 20 heavy (non-hydrogen) atoms. The monoisotopic (exact) mass is 273 g/mol. The molecule has 2 atom stereocenters. The van der Waals surface area contributed by atoms with E-state index in [1.54, 1.807) is 0 Å². The first-order valence-corrected chi connectivity index (χ1v) is 8.03. The van der Waals surface area contributed by atoms with Gasteiger partial charge in [-0.25, -0.2) is 0 Å². The van der Waals surface area contributed by atoms with Crippen molar-refractivity contribution in [3.05, 3.63) is 23.8 Å². The second kappa shape index (κ2) is 5.28. The van der Waals surface area contributed by atoms with Crippen LogP contribution in [0, 0.1) is 5.92 Å². The molecule has 1 saturated carbocycles. The maximum absolute atomic E-state index is 5.49. The predicted octanol–water partition coefficient (Wildman–Crippen LogP) is 3.57. The fraction of sp³-hybridized carbons (Fsp3) is 0.647. The smallest absolute Gasteiger partial charge is 0.231 e. The Hall–Kier alpha value is -1.22. The minimum atomic E-state index is 0.368. The standard InChI is InChI=1S/C17H23NO2/c1-2-6-15-14(4-1)5-3-9-18(15)11-13-7-8-16-17(10-13)20-12-19-16/h7-8,10,14-15H,1-6,9,11-12H2/t14-,15+/m0/s1. The summed E-state index contributed by atoms with van der Waals surface area (Å²) in [4.78, 5) is 2.71. The van der Waals surface area contributed by atoms with E-state index in [9.17, 15) is 0 Å². The quantitative estimate of drug-likeness (QED) is 0.822. The third-order valence-corrected chi connectivity index (χ3v) is 5.18. The number of hydrogen-bond acceptors (Lipinski definition) is 3. The number of hydrogen-bond donors (Lipinski definition) is 0. The minimum Gasteiger partial charge on any atom is -0.454 e. The zero-order valence-electron chi connectivity index (χ0n) is 12.0. The molecule has 1 aliphatic carbocycles. The third kappa shape index (κ3) is 2.28. The average molecular weight is 273 g/mol. The Morgan fingerprint density at radius 1 is 1.00 bits per heavy atom. The molecule has 0 bridgehead atoms. The molecule has 0 spiro atoms. The van der Waals surface area contributed by atoms with Crippen molar-refractivity contribution in [1.29, 1.82) is 0 Å². The molecule has 4 rings (SSSR count). The van der Waals surface area contributed by atoms with Crippen LogP contribution in [0.4, 0.5) is 0 Å². The molecule has 1 aromatic carbocycles. The summed E-state index contributed by atoms with van der Waals surface area (Å²) in [6.45, 7) is 2.70. The predicted molar refractivity (Wildman–Crippen MR) is 78.0 cm³/mol. The van der Waals surface area contributed by atoms with Crippen molar-refractivity contribution in [2.45, 2.75) is 51.1 Å². The summed E-state index contributed by atoms with van der Waals surface area (Å²) in [6, 6.07) is 7.23. The number of piperidine rings is 1. The Labute approximate surface area is 120 Å². The van der Waals surface area contributed by atoms with Crippen molar-refractivity contribution in [2.75, 3.05) is 13.3 Å². The Morgan fingerprint density at radius 3 is 2.85 bits per heavy atom. The van der Waals surface area contributed by atoms with Crippen LogP contribution in [-0.4, -0.2) is 24.3 Å². The molecule has 3 heteroatoms. The van der Waals surface area contributed by atoms with Crippen LogP contribution in [0.3, 0.4) is 0 Å². The number of ether oxygens (including phenoxy) is 2. The van der Waals surface area contributed by atoms with Gasteiger partial charge in [0.2, 0.25) is 6.79 Å². The van der Waals surface area contributed by atoms with Crippen LogP contribution < -0.4 is 9.47 Å². The van der Waals surface area contributed by atoms with Gasteiger partial charge in [-0.2, -0.15) is 0 Å². The van der Waals surface area contributed by atoms with Gasteiger partial charge in [-0.3, -0.25) is 4.90 Å². The van der Waals surface area contributed by atoms with Crippen LogP contribution in [0.25, 0.3) is 0 Å². The maximum atomic E-state index is 5.49. The van der Waals surface area contributed by atoms with Crippen molar-refractivity contribution in [1.82, 2.24) is 4.90 Å². The number of benzene rings is 1. The molecule has 0 amide bonds. The molecule has 3 nitrogen and oxygen atoms in total. The second-order valence-electron chi connectivity index (χ2n) is 6.41. The average Bonchev–Trinajstić information content (AvgIpc) is 2.95. The summed E-state index contributed by atoms with van der Waals surface area (Å²) >= 11 is 0. The first kappa shape index (κ1) is 12.5. The zero-order valence-corrected chi connectivity index (χ0v) is 12.0. The van der Waals surface area contributed by atoms with Crippen molar-refractivity contribution >= 4 is 0 Å². The number of nitrogens with zero attached hydrogens (tertiary/aromatic N) is 1. The molecule has 0 unspecified atom stereocenters. The van der Waals surface area contributed by atoms with Crippen molar-refractivity contribution in [3.8, 4) is 11.5 Å². The molecule has 2 fully saturated rings. The van der Waals surface area contributed by atoms with E-state index in [4.69, 9.17) is 9.47 Å². The number of rotatable bonds is 2. The molecule has 2 heterocycles.